The summed E-state index contributed by atoms with van der Waals surface area (Å²) < 4.78 is 0. The molecule has 0 spiro atoms. The summed E-state index contributed by atoms with van der Waals surface area (Å²) in [7, 11) is 3.88. The van der Waals surface area contributed by atoms with Crippen LogP contribution in [0.2, 0.25) is 0 Å². The molecular formula is C19H33NO. The van der Waals surface area contributed by atoms with Gasteiger partial charge in [-0.05, 0) is 50.0 Å². The SMILES string of the molecule is C.CCCc1ccc(CCC(=O)CN(C)C)cc1CCC. The normalized spacial score (nSPS) is 10.5. The fourth-order valence-electron chi connectivity index (χ4n) is 2.57. The molecule has 0 atom stereocenters. The van der Waals surface area contributed by atoms with Crippen LogP contribution in [0.4, 0.5) is 0 Å². The van der Waals surface area contributed by atoms with Crippen molar-refractivity contribution in [2.75, 3.05) is 20.6 Å². The molecule has 0 saturated heterocycles. The van der Waals surface area contributed by atoms with Gasteiger partial charge >= 0.3 is 0 Å². The Morgan fingerprint density at radius 2 is 1.62 bits per heavy atom. The molecule has 0 bridgehead atoms. The van der Waals surface area contributed by atoms with Gasteiger partial charge < -0.3 is 4.90 Å². The molecule has 120 valence electrons. The van der Waals surface area contributed by atoms with Gasteiger partial charge in [0.15, 0.2) is 0 Å². The number of carbonyl (C=O) groups is 1. The topological polar surface area (TPSA) is 20.3 Å². The molecule has 1 rings (SSSR count). The van der Waals surface area contributed by atoms with Crippen molar-refractivity contribution in [3.05, 3.63) is 34.9 Å². The summed E-state index contributed by atoms with van der Waals surface area (Å²) in [5.41, 5.74) is 4.27. The molecule has 0 saturated carbocycles. The largest absolute Gasteiger partial charge is 0.302 e. The summed E-state index contributed by atoms with van der Waals surface area (Å²) in [5.74, 6) is 0.324. The van der Waals surface area contributed by atoms with Crippen LogP contribution in [0, 0.1) is 0 Å². The van der Waals surface area contributed by atoms with Crippen molar-refractivity contribution >= 4 is 5.78 Å². The van der Waals surface area contributed by atoms with Gasteiger partial charge in [-0.15, -0.1) is 0 Å². The Bertz CT molecular complexity index is 424. The van der Waals surface area contributed by atoms with Gasteiger partial charge in [0.1, 0.15) is 5.78 Å². The van der Waals surface area contributed by atoms with Crippen LogP contribution in [0.25, 0.3) is 0 Å². The van der Waals surface area contributed by atoms with Crippen LogP contribution in [0.5, 0.6) is 0 Å². The summed E-state index contributed by atoms with van der Waals surface area (Å²) in [6, 6.07) is 6.78. The number of Topliss-reactive ketones (excluding diaryl/α,β-unsaturated/α-hetero) is 1. The maximum Gasteiger partial charge on any atom is 0.147 e. The van der Waals surface area contributed by atoms with E-state index in [1.165, 1.54) is 29.5 Å². The molecule has 0 fully saturated rings. The molecule has 21 heavy (non-hydrogen) atoms. The van der Waals surface area contributed by atoms with Crippen LogP contribution in [-0.4, -0.2) is 31.3 Å². The Morgan fingerprint density at radius 1 is 1.00 bits per heavy atom. The average molecular weight is 291 g/mol. The Morgan fingerprint density at radius 3 is 2.19 bits per heavy atom. The maximum atomic E-state index is 11.8. The van der Waals surface area contributed by atoms with Gasteiger partial charge in [-0.2, -0.15) is 0 Å². The Labute approximate surface area is 131 Å². The van der Waals surface area contributed by atoms with E-state index in [1.54, 1.807) is 0 Å². The first-order valence-electron chi connectivity index (χ1n) is 7.83. The maximum absolute atomic E-state index is 11.8. The van der Waals surface area contributed by atoms with E-state index in [4.69, 9.17) is 0 Å². The number of hydrogen-bond acceptors (Lipinski definition) is 2. The van der Waals surface area contributed by atoms with Crippen molar-refractivity contribution in [1.82, 2.24) is 4.90 Å². The van der Waals surface area contributed by atoms with Crippen LogP contribution in [0.15, 0.2) is 18.2 Å². The third kappa shape index (κ3) is 7.42. The lowest BCUT2D eigenvalue weighted by molar-refractivity contribution is -0.119. The summed E-state index contributed by atoms with van der Waals surface area (Å²) in [6.07, 6.45) is 6.20. The van der Waals surface area contributed by atoms with Crippen molar-refractivity contribution in [2.45, 2.75) is 59.8 Å². The first-order valence-corrected chi connectivity index (χ1v) is 7.83. The average Bonchev–Trinajstić information content (AvgIpc) is 2.39. The number of benzene rings is 1. The number of rotatable bonds is 9. The van der Waals surface area contributed by atoms with Crippen LogP contribution in [0.1, 0.15) is 57.2 Å². The zero-order valence-corrected chi connectivity index (χ0v) is 13.5. The molecule has 0 unspecified atom stereocenters. The van der Waals surface area contributed by atoms with E-state index < -0.39 is 0 Å². The molecule has 0 amide bonds. The van der Waals surface area contributed by atoms with Gasteiger partial charge in [0.2, 0.25) is 0 Å². The molecule has 1 aromatic carbocycles. The van der Waals surface area contributed by atoms with Gasteiger partial charge in [0.25, 0.3) is 0 Å². The number of ketones is 1. The molecule has 1 aromatic rings. The fraction of sp³-hybridized carbons (Fsp3) is 0.632. The minimum atomic E-state index is 0. The standard InChI is InChI=1S/C18H29NO.CH4/c1-5-7-16-11-9-15(13-17(16)8-6-2)10-12-18(20)14-19(3)4;/h9,11,13H,5-8,10,12,14H2,1-4H3;1H4. The zero-order chi connectivity index (χ0) is 15.0. The smallest absolute Gasteiger partial charge is 0.147 e. The number of hydrogen-bond donors (Lipinski definition) is 0. The quantitative estimate of drug-likeness (QED) is 0.676. The van der Waals surface area contributed by atoms with E-state index in [2.05, 4.69) is 32.0 Å². The summed E-state index contributed by atoms with van der Waals surface area (Å²) in [4.78, 5) is 13.7. The molecule has 0 N–H and O–H groups in total. The number of nitrogens with zero attached hydrogens (tertiary/aromatic N) is 1. The molecule has 2 heteroatoms. The van der Waals surface area contributed by atoms with Crippen LogP contribution < -0.4 is 0 Å². The molecule has 0 aliphatic heterocycles. The van der Waals surface area contributed by atoms with Crippen LogP contribution in [-0.2, 0) is 24.1 Å². The predicted molar refractivity (Wildman–Crippen MR) is 93.0 cm³/mol. The predicted octanol–water partition coefficient (Wildman–Crippen LogP) is 4.29. The molecule has 0 heterocycles. The Hall–Kier alpha value is -1.15. The highest BCUT2D eigenvalue weighted by Gasteiger charge is 2.07. The van der Waals surface area contributed by atoms with Crippen molar-refractivity contribution in [3.63, 3.8) is 0 Å². The molecule has 2 nitrogen and oxygen atoms in total. The van der Waals surface area contributed by atoms with Crippen molar-refractivity contribution in [2.24, 2.45) is 0 Å². The third-order valence-electron chi connectivity index (χ3n) is 3.49. The fourth-order valence-corrected chi connectivity index (χ4v) is 2.57. The zero-order valence-electron chi connectivity index (χ0n) is 13.5. The second-order valence-electron chi connectivity index (χ2n) is 5.88. The summed E-state index contributed by atoms with van der Waals surface area (Å²) >= 11 is 0. The van der Waals surface area contributed by atoms with Gasteiger partial charge in [0.05, 0.1) is 6.54 Å². The molecule has 0 aliphatic rings. The Balaban J connectivity index is 0.00000400. The number of likely N-dealkylation sites (N-methyl/N-ethyl adjacent to an activating group) is 1. The third-order valence-corrected chi connectivity index (χ3v) is 3.49. The van der Waals surface area contributed by atoms with Gasteiger partial charge in [0, 0.05) is 6.42 Å². The van der Waals surface area contributed by atoms with E-state index in [9.17, 15) is 4.79 Å². The number of aryl methyl sites for hydroxylation is 3. The monoisotopic (exact) mass is 291 g/mol. The minimum Gasteiger partial charge on any atom is -0.302 e. The second kappa shape index (κ2) is 10.6. The van der Waals surface area contributed by atoms with Crippen LogP contribution in [0.3, 0.4) is 0 Å². The first-order chi connectivity index (χ1) is 9.56. The van der Waals surface area contributed by atoms with E-state index in [1.807, 2.05) is 19.0 Å². The lowest BCUT2D eigenvalue weighted by Crippen LogP contribution is -2.21. The van der Waals surface area contributed by atoms with E-state index in [0.717, 1.165) is 19.3 Å². The minimum absolute atomic E-state index is 0. The highest BCUT2D eigenvalue weighted by atomic mass is 16.1. The molecule has 0 aromatic heterocycles. The summed E-state index contributed by atoms with van der Waals surface area (Å²) in [6.45, 7) is 5.00. The number of carbonyl (C=O) groups excluding carboxylic acids is 1. The molecular weight excluding hydrogens is 258 g/mol. The Kier molecular flexibility index (Phi) is 9.98. The molecule has 0 aliphatic carbocycles. The first kappa shape index (κ1) is 19.9. The van der Waals surface area contributed by atoms with Gasteiger partial charge in [-0.25, -0.2) is 0 Å². The molecule has 0 radical (unpaired) electrons. The van der Waals surface area contributed by atoms with Crippen molar-refractivity contribution < 1.29 is 4.79 Å². The second-order valence-corrected chi connectivity index (χ2v) is 5.88. The van der Waals surface area contributed by atoms with E-state index in [-0.39, 0.29) is 7.43 Å². The lowest BCUT2D eigenvalue weighted by atomic mass is 9.95. The van der Waals surface area contributed by atoms with Crippen molar-refractivity contribution in [3.8, 4) is 0 Å². The highest BCUT2D eigenvalue weighted by molar-refractivity contribution is 5.80. The lowest BCUT2D eigenvalue weighted by Gasteiger charge is -2.11. The van der Waals surface area contributed by atoms with Crippen molar-refractivity contribution in [1.29, 1.82) is 0 Å². The van der Waals surface area contributed by atoms with Crippen LogP contribution >= 0.6 is 0 Å². The van der Waals surface area contributed by atoms with Gasteiger partial charge in [-0.3, -0.25) is 4.79 Å². The highest BCUT2D eigenvalue weighted by Crippen LogP contribution is 2.17. The summed E-state index contributed by atoms with van der Waals surface area (Å²) in [5, 5.41) is 0. The van der Waals surface area contributed by atoms with E-state index in [0.29, 0.717) is 18.7 Å². The van der Waals surface area contributed by atoms with E-state index >= 15 is 0 Å². The van der Waals surface area contributed by atoms with Gasteiger partial charge in [-0.1, -0.05) is 52.3 Å².